The quantitative estimate of drug-likeness (QED) is 0.407. The number of carbonyl (C=O) groups excluding carboxylic acids is 1. The molecule has 0 saturated carbocycles. The molecule has 0 aliphatic carbocycles. The number of hydroxylamine groups is 1. The van der Waals surface area contributed by atoms with Crippen LogP contribution in [0.1, 0.15) is 5.56 Å². The maximum absolute atomic E-state index is 11.7. The molecular formula is C20H22N4O2. The molecule has 26 heavy (non-hydrogen) atoms. The number of imidazole rings is 1. The van der Waals surface area contributed by atoms with Gasteiger partial charge in [0.15, 0.2) is 0 Å². The van der Waals surface area contributed by atoms with Crippen molar-refractivity contribution >= 4 is 22.5 Å². The van der Waals surface area contributed by atoms with Crippen molar-refractivity contribution in [3.05, 3.63) is 60.7 Å². The molecule has 0 unspecified atom stereocenters. The fourth-order valence-corrected chi connectivity index (χ4v) is 2.87. The Morgan fingerprint density at radius 2 is 2.00 bits per heavy atom. The number of hydrogen-bond donors (Lipinski definition) is 2. The smallest absolute Gasteiger partial charge is 0.274 e. The van der Waals surface area contributed by atoms with E-state index in [4.69, 9.17) is 10.2 Å². The van der Waals surface area contributed by atoms with Gasteiger partial charge in [0, 0.05) is 24.2 Å². The lowest BCUT2D eigenvalue weighted by Crippen LogP contribution is -2.19. The predicted octanol–water partition coefficient (Wildman–Crippen LogP) is 2.78. The minimum absolute atomic E-state index is 0.199. The van der Waals surface area contributed by atoms with Crippen LogP contribution in [0.4, 0.5) is 0 Å². The molecule has 2 N–H and O–H groups in total. The van der Waals surface area contributed by atoms with Gasteiger partial charge in [-0.05, 0) is 37.9 Å². The van der Waals surface area contributed by atoms with Crippen LogP contribution in [-0.2, 0) is 11.3 Å². The van der Waals surface area contributed by atoms with E-state index >= 15 is 0 Å². The molecule has 1 amide bonds. The summed E-state index contributed by atoms with van der Waals surface area (Å²) in [5.41, 5.74) is 5.35. The van der Waals surface area contributed by atoms with Gasteiger partial charge >= 0.3 is 0 Å². The summed E-state index contributed by atoms with van der Waals surface area (Å²) in [7, 11) is 4.08. The maximum atomic E-state index is 11.7. The zero-order chi connectivity index (χ0) is 18.7. The van der Waals surface area contributed by atoms with Crippen LogP contribution in [0.25, 0.3) is 28.0 Å². The number of aromatic nitrogens is 2. The van der Waals surface area contributed by atoms with E-state index in [-0.39, 0.29) is 5.57 Å². The summed E-state index contributed by atoms with van der Waals surface area (Å²) < 4.78 is 2.18. The Bertz CT molecular complexity index is 959. The number of carbonyl (C=O) groups is 1. The Hall–Kier alpha value is -2.96. The third kappa shape index (κ3) is 3.51. The van der Waals surface area contributed by atoms with Gasteiger partial charge in [-0.1, -0.05) is 36.9 Å². The van der Waals surface area contributed by atoms with Gasteiger partial charge in [-0.25, -0.2) is 10.5 Å². The fourth-order valence-electron chi connectivity index (χ4n) is 2.87. The number of rotatable bonds is 6. The van der Waals surface area contributed by atoms with Crippen molar-refractivity contribution in [2.75, 3.05) is 20.6 Å². The fraction of sp³-hybridized carbons (Fsp3) is 0.200. The van der Waals surface area contributed by atoms with Crippen molar-refractivity contribution < 1.29 is 10.0 Å². The van der Waals surface area contributed by atoms with Crippen molar-refractivity contribution in [1.82, 2.24) is 19.9 Å². The molecule has 0 spiro atoms. The molecule has 0 radical (unpaired) electrons. The highest BCUT2D eigenvalue weighted by Gasteiger charge is 2.15. The van der Waals surface area contributed by atoms with Gasteiger partial charge in [0.1, 0.15) is 5.82 Å². The summed E-state index contributed by atoms with van der Waals surface area (Å²) >= 11 is 0. The van der Waals surface area contributed by atoms with Crippen LogP contribution in [0.3, 0.4) is 0 Å². The molecule has 0 bridgehead atoms. The van der Waals surface area contributed by atoms with Gasteiger partial charge in [0.2, 0.25) is 0 Å². The second-order valence-electron chi connectivity index (χ2n) is 6.38. The molecule has 1 heterocycles. The van der Waals surface area contributed by atoms with Crippen molar-refractivity contribution in [1.29, 1.82) is 0 Å². The van der Waals surface area contributed by atoms with Crippen LogP contribution in [0.15, 0.2) is 55.1 Å². The molecule has 6 heteroatoms. The Balaban J connectivity index is 2.08. The van der Waals surface area contributed by atoms with E-state index in [0.29, 0.717) is 5.56 Å². The second-order valence-corrected chi connectivity index (χ2v) is 6.38. The van der Waals surface area contributed by atoms with Crippen molar-refractivity contribution in [3.63, 3.8) is 0 Å². The Labute approximate surface area is 152 Å². The van der Waals surface area contributed by atoms with Gasteiger partial charge in [-0.15, -0.1) is 0 Å². The number of benzene rings is 2. The summed E-state index contributed by atoms with van der Waals surface area (Å²) in [4.78, 5) is 18.6. The highest BCUT2D eigenvalue weighted by atomic mass is 16.5. The lowest BCUT2D eigenvalue weighted by Gasteiger charge is -2.14. The number of amides is 1. The van der Waals surface area contributed by atoms with Crippen molar-refractivity contribution in [2.24, 2.45) is 0 Å². The molecule has 6 nitrogen and oxygen atoms in total. The minimum atomic E-state index is -0.622. The first kappa shape index (κ1) is 17.8. The zero-order valence-electron chi connectivity index (χ0n) is 14.9. The number of fused-ring (bicyclic) bond motifs is 1. The van der Waals surface area contributed by atoms with Gasteiger partial charge in [-0.3, -0.25) is 10.0 Å². The van der Waals surface area contributed by atoms with Gasteiger partial charge in [-0.2, -0.15) is 0 Å². The first-order valence-electron chi connectivity index (χ1n) is 8.35. The molecule has 0 fully saturated rings. The average molecular weight is 350 g/mol. The molecule has 0 atom stereocenters. The summed E-state index contributed by atoms with van der Waals surface area (Å²) in [5.74, 6) is 0.218. The molecule has 3 rings (SSSR count). The summed E-state index contributed by atoms with van der Waals surface area (Å²) in [6.07, 6.45) is 0. The predicted molar refractivity (Wildman–Crippen MR) is 103 cm³/mol. The Morgan fingerprint density at radius 3 is 2.73 bits per heavy atom. The molecule has 0 aliphatic heterocycles. The van der Waals surface area contributed by atoms with E-state index in [1.807, 2.05) is 50.5 Å². The Morgan fingerprint density at radius 1 is 1.23 bits per heavy atom. The van der Waals surface area contributed by atoms with Crippen molar-refractivity contribution in [3.8, 4) is 11.4 Å². The van der Waals surface area contributed by atoms with Gasteiger partial charge < -0.3 is 9.47 Å². The molecule has 2 aromatic carbocycles. The molecule has 0 saturated heterocycles. The van der Waals surface area contributed by atoms with Crippen LogP contribution in [-0.4, -0.2) is 46.2 Å². The summed E-state index contributed by atoms with van der Waals surface area (Å²) in [6.45, 7) is 5.43. The second kappa shape index (κ2) is 7.51. The summed E-state index contributed by atoms with van der Waals surface area (Å²) in [5, 5.41) is 8.83. The number of para-hydroxylation sites is 2. The largest absolute Gasteiger partial charge is 0.323 e. The Kier molecular flexibility index (Phi) is 5.16. The number of nitrogens with one attached hydrogen (secondary N) is 1. The average Bonchev–Trinajstić information content (AvgIpc) is 3.03. The van der Waals surface area contributed by atoms with Gasteiger partial charge in [0.05, 0.1) is 11.0 Å². The zero-order valence-corrected chi connectivity index (χ0v) is 14.9. The number of hydrogen-bond acceptors (Lipinski definition) is 4. The standard InChI is InChI=1S/C20H22N4O2/c1-14(20(25)22-26)15-7-6-8-16(13-15)19-21-17-9-4-5-10-18(17)24(19)12-11-23(2)3/h4-10,13,26H,1,11-12H2,2-3H3,(H,22,25). The highest BCUT2D eigenvalue weighted by molar-refractivity contribution is 6.18. The van der Waals surface area contributed by atoms with Crippen LogP contribution in [0.2, 0.25) is 0 Å². The molecule has 134 valence electrons. The van der Waals surface area contributed by atoms with E-state index in [9.17, 15) is 4.79 Å². The third-order valence-electron chi connectivity index (χ3n) is 4.27. The first-order valence-corrected chi connectivity index (χ1v) is 8.35. The minimum Gasteiger partial charge on any atom is -0.323 e. The number of nitrogens with zero attached hydrogens (tertiary/aromatic N) is 3. The van der Waals surface area contributed by atoms with E-state index in [1.165, 1.54) is 0 Å². The SMILES string of the molecule is C=C(C(=O)NO)c1cccc(-c2nc3ccccc3n2CCN(C)C)c1. The van der Waals surface area contributed by atoms with Crippen molar-refractivity contribution in [2.45, 2.75) is 6.54 Å². The lowest BCUT2D eigenvalue weighted by molar-refractivity contribution is -0.123. The molecule has 1 aromatic heterocycles. The lowest BCUT2D eigenvalue weighted by atomic mass is 10.0. The first-order chi connectivity index (χ1) is 12.5. The van der Waals surface area contributed by atoms with E-state index in [0.717, 1.165) is 35.5 Å². The van der Waals surface area contributed by atoms with E-state index < -0.39 is 5.91 Å². The van der Waals surface area contributed by atoms with Crippen LogP contribution < -0.4 is 5.48 Å². The topological polar surface area (TPSA) is 70.4 Å². The third-order valence-corrected chi connectivity index (χ3v) is 4.27. The summed E-state index contributed by atoms with van der Waals surface area (Å²) in [6, 6.07) is 15.5. The van der Waals surface area contributed by atoms with Crippen LogP contribution >= 0.6 is 0 Å². The van der Waals surface area contributed by atoms with E-state index in [2.05, 4.69) is 22.1 Å². The normalized spacial score (nSPS) is 11.1. The van der Waals surface area contributed by atoms with Crippen LogP contribution in [0, 0.1) is 0 Å². The maximum Gasteiger partial charge on any atom is 0.274 e. The highest BCUT2D eigenvalue weighted by Crippen LogP contribution is 2.27. The van der Waals surface area contributed by atoms with Gasteiger partial charge in [0.25, 0.3) is 5.91 Å². The monoisotopic (exact) mass is 350 g/mol. The van der Waals surface area contributed by atoms with Crippen LogP contribution in [0.5, 0.6) is 0 Å². The molecular weight excluding hydrogens is 328 g/mol. The van der Waals surface area contributed by atoms with E-state index in [1.54, 1.807) is 11.5 Å². The molecule has 0 aliphatic rings. The number of likely N-dealkylation sites (N-methyl/N-ethyl adjacent to an activating group) is 1. The molecule has 3 aromatic rings.